The van der Waals surface area contributed by atoms with Crippen molar-refractivity contribution < 1.29 is 13.2 Å². The summed E-state index contributed by atoms with van der Waals surface area (Å²) in [6.07, 6.45) is 1.40. The molecule has 1 fully saturated rings. The number of aromatic nitrogens is 2. The Morgan fingerprint density at radius 3 is 2.61 bits per heavy atom. The minimum absolute atomic E-state index is 0.173. The van der Waals surface area contributed by atoms with Crippen molar-refractivity contribution in [2.24, 2.45) is 0 Å². The topological polar surface area (TPSA) is 92.3 Å². The zero-order valence-electron chi connectivity index (χ0n) is 12.5. The van der Waals surface area contributed by atoms with E-state index < -0.39 is 10.0 Å². The lowest BCUT2D eigenvalue weighted by molar-refractivity contribution is 0.102. The fourth-order valence-electron chi connectivity index (χ4n) is 2.32. The van der Waals surface area contributed by atoms with E-state index in [0.29, 0.717) is 29.3 Å². The number of carbonyl (C=O) groups is 1. The highest BCUT2D eigenvalue weighted by Crippen LogP contribution is 2.24. The molecule has 2 aromatic rings. The average Bonchev–Trinajstić information content (AvgIpc) is 3.13. The van der Waals surface area contributed by atoms with E-state index >= 15 is 0 Å². The van der Waals surface area contributed by atoms with Gasteiger partial charge in [0.25, 0.3) is 5.91 Å². The first-order valence-corrected chi connectivity index (χ1v) is 9.66. The molecule has 23 heavy (non-hydrogen) atoms. The Bertz CT molecular complexity index is 815. The van der Waals surface area contributed by atoms with Crippen LogP contribution in [0.15, 0.2) is 24.3 Å². The van der Waals surface area contributed by atoms with E-state index in [0.717, 1.165) is 11.4 Å². The molecule has 0 bridgehead atoms. The maximum atomic E-state index is 12.2. The van der Waals surface area contributed by atoms with Crippen molar-refractivity contribution in [3.8, 4) is 0 Å². The predicted octanol–water partition coefficient (Wildman–Crippen LogP) is 1.89. The lowest BCUT2D eigenvalue weighted by Gasteiger charge is -2.16. The van der Waals surface area contributed by atoms with Crippen molar-refractivity contribution in [1.82, 2.24) is 10.2 Å². The van der Waals surface area contributed by atoms with Gasteiger partial charge in [0.1, 0.15) is 5.01 Å². The Hall–Kier alpha value is -2.00. The highest BCUT2D eigenvalue weighted by molar-refractivity contribution is 7.93. The summed E-state index contributed by atoms with van der Waals surface area (Å²) in [6, 6.07) is 6.52. The van der Waals surface area contributed by atoms with Crippen LogP contribution in [0.5, 0.6) is 0 Å². The summed E-state index contributed by atoms with van der Waals surface area (Å²) < 4.78 is 25.2. The number of aryl methyl sites for hydroxylation is 1. The standard InChI is InChI=1S/C14H16N4O3S2/c1-2-12-16-17-14(22-12)15-13(19)10-4-6-11(7-5-10)18-8-3-9-23(18,20)21/h4-7H,2-3,8-9H2,1H3,(H,15,17,19). The SMILES string of the molecule is CCc1nnc(NC(=O)c2ccc(N3CCCS3(=O)=O)cc2)s1. The molecule has 1 aromatic heterocycles. The van der Waals surface area contributed by atoms with E-state index in [1.165, 1.54) is 15.6 Å². The van der Waals surface area contributed by atoms with E-state index in [9.17, 15) is 13.2 Å². The van der Waals surface area contributed by atoms with Crippen LogP contribution < -0.4 is 9.62 Å². The van der Waals surface area contributed by atoms with E-state index in [4.69, 9.17) is 0 Å². The molecule has 0 unspecified atom stereocenters. The quantitative estimate of drug-likeness (QED) is 0.907. The third kappa shape index (κ3) is 3.35. The van der Waals surface area contributed by atoms with Gasteiger partial charge in [-0.2, -0.15) is 0 Å². The van der Waals surface area contributed by atoms with E-state index in [1.54, 1.807) is 24.3 Å². The zero-order chi connectivity index (χ0) is 16.4. The molecule has 1 aromatic carbocycles. The normalized spacial score (nSPS) is 16.5. The molecule has 9 heteroatoms. The molecule has 2 heterocycles. The first-order chi connectivity index (χ1) is 11.0. The number of hydrogen-bond acceptors (Lipinski definition) is 6. The molecule has 3 rings (SSSR count). The molecule has 0 spiro atoms. The molecular formula is C14H16N4O3S2. The minimum atomic E-state index is -3.21. The average molecular weight is 352 g/mol. The van der Waals surface area contributed by atoms with Crippen LogP contribution in [0.3, 0.4) is 0 Å². The maximum absolute atomic E-state index is 12.2. The number of nitrogens with zero attached hydrogens (tertiary/aromatic N) is 3. The molecule has 1 aliphatic heterocycles. The van der Waals surface area contributed by atoms with Crippen molar-refractivity contribution in [2.75, 3.05) is 21.9 Å². The second kappa shape index (κ2) is 6.25. The van der Waals surface area contributed by atoms with Gasteiger partial charge in [-0.1, -0.05) is 18.3 Å². The second-order valence-corrected chi connectivity index (χ2v) is 8.17. The molecule has 0 atom stereocenters. The molecule has 0 aliphatic carbocycles. The van der Waals surface area contributed by atoms with Gasteiger partial charge in [0.05, 0.1) is 11.4 Å². The summed E-state index contributed by atoms with van der Waals surface area (Å²) in [6.45, 7) is 2.45. The van der Waals surface area contributed by atoms with Crippen molar-refractivity contribution in [3.63, 3.8) is 0 Å². The molecule has 122 valence electrons. The maximum Gasteiger partial charge on any atom is 0.257 e. The van der Waals surface area contributed by atoms with Gasteiger partial charge in [-0.3, -0.25) is 14.4 Å². The zero-order valence-corrected chi connectivity index (χ0v) is 14.2. The van der Waals surface area contributed by atoms with Gasteiger partial charge in [0.15, 0.2) is 0 Å². The summed E-state index contributed by atoms with van der Waals surface area (Å²) >= 11 is 1.34. The smallest absolute Gasteiger partial charge is 0.257 e. The highest BCUT2D eigenvalue weighted by Gasteiger charge is 2.28. The Morgan fingerprint density at radius 2 is 2.04 bits per heavy atom. The Balaban J connectivity index is 1.73. The molecule has 1 N–H and O–H groups in total. The van der Waals surface area contributed by atoms with Crippen LogP contribution in [0, 0.1) is 0 Å². The number of anilines is 2. The fourth-order valence-corrected chi connectivity index (χ4v) is 4.56. The van der Waals surface area contributed by atoms with E-state index in [1.807, 2.05) is 6.92 Å². The van der Waals surface area contributed by atoms with Crippen molar-refractivity contribution in [3.05, 3.63) is 34.8 Å². The van der Waals surface area contributed by atoms with Crippen LogP contribution in [0.25, 0.3) is 0 Å². The van der Waals surface area contributed by atoms with Crippen molar-refractivity contribution >= 4 is 38.1 Å². The Kier molecular flexibility index (Phi) is 4.31. The van der Waals surface area contributed by atoms with Gasteiger partial charge in [-0.25, -0.2) is 8.42 Å². The van der Waals surface area contributed by atoms with E-state index in [2.05, 4.69) is 15.5 Å². The monoisotopic (exact) mass is 352 g/mol. The molecule has 1 amide bonds. The molecule has 0 radical (unpaired) electrons. The number of amides is 1. The highest BCUT2D eigenvalue weighted by atomic mass is 32.2. The first kappa shape index (κ1) is 15.9. The number of carbonyl (C=O) groups excluding carboxylic acids is 1. The van der Waals surface area contributed by atoms with Crippen molar-refractivity contribution in [1.29, 1.82) is 0 Å². The van der Waals surface area contributed by atoms with Crippen LogP contribution in [0.4, 0.5) is 10.8 Å². The van der Waals surface area contributed by atoms with Crippen LogP contribution in [0.1, 0.15) is 28.7 Å². The van der Waals surface area contributed by atoms with Crippen LogP contribution >= 0.6 is 11.3 Å². The Morgan fingerprint density at radius 1 is 1.30 bits per heavy atom. The third-order valence-corrected chi connectivity index (χ3v) is 6.36. The van der Waals surface area contributed by atoms with Crippen molar-refractivity contribution in [2.45, 2.75) is 19.8 Å². The number of hydrogen-bond donors (Lipinski definition) is 1. The summed E-state index contributed by atoms with van der Waals surface area (Å²) in [7, 11) is -3.21. The second-order valence-electron chi connectivity index (χ2n) is 5.10. The van der Waals surface area contributed by atoms with Crippen LogP contribution in [0.2, 0.25) is 0 Å². The van der Waals surface area contributed by atoms with Gasteiger partial charge < -0.3 is 0 Å². The van der Waals surface area contributed by atoms with Gasteiger partial charge in [0.2, 0.25) is 15.2 Å². The fraction of sp³-hybridized carbons (Fsp3) is 0.357. The van der Waals surface area contributed by atoms with Crippen LogP contribution in [-0.2, 0) is 16.4 Å². The Labute approximate surface area is 138 Å². The molecular weight excluding hydrogens is 336 g/mol. The number of sulfonamides is 1. The molecule has 1 aliphatic rings. The van der Waals surface area contributed by atoms with Gasteiger partial charge in [-0.05, 0) is 37.1 Å². The van der Waals surface area contributed by atoms with Crippen LogP contribution in [-0.4, -0.2) is 36.8 Å². The largest absolute Gasteiger partial charge is 0.296 e. The summed E-state index contributed by atoms with van der Waals surface area (Å²) in [4.78, 5) is 12.2. The minimum Gasteiger partial charge on any atom is -0.296 e. The lowest BCUT2D eigenvalue weighted by Crippen LogP contribution is -2.25. The predicted molar refractivity (Wildman–Crippen MR) is 89.4 cm³/mol. The number of benzene rings is 1. The third-order valence-electron chi connectivity index (χ3n) is 3.51. The van der Waals surface area contributed by atoms with Gasteiger partial charge in [-0.15, -0.1) is 10.2 Å². The molecule has 7 nitrogen and oxygen atoms in total. The molecule has 0 saturated carbocycles. The number of rotatable bonds is 4. The summed E-state index contributed by atoms with van der Waals surface area (Å²) in [5, 5.41) is 11.9. The summed E-state index contributed by atoms with van der Waals surface area (Å²) in [5.41, 5.74) is 1.03. The summed E-state index contributed by atoms with van der Waals surface area (Å²) in [5.74, 6) is -0.119. The van der Waals surface area contributed by atoms with Gasteiger partial charge in [0, 0.05) is 12.1 Å². The van der Waals surface area contributed by atoms with Gasteiger partial charge >= 0.3 is 0 Å². The first-order valence-electron chi connectivity index (χ1n) is 7.24. The van der Waals surface area contributed by atoms with E-state index in [-0.39, 0.29) is 11.7 Å². The lowest BCUT2D eigenvalue weighted by atomic mass is 10.2. The molecule has 1 saturated heterocycles. The number of nitrogens with one attached hydrogen (secondary N) is 1.